The first-order valence-corrected chi connectivity index (χ1v) is 5.49. The number of aromatic nitrogens is 3. The molecule has 0 aromatic carbocycles. The van der Waals surface area contributed by atoms with E-state index in [-0.39, 0.29) is 5.56 Å². The first-order chi connectivity index (χ1) is 9.38. The zero-order valence-corrected chi connectivity index (χ0v) is 10.3. The number of rotatable bonds is 2. The molecule has 2 heterocycles. The van der Waals surface area contributed by atoms with Crippen LogP contribution in [0, 0.1) is 6.92 Å². The lowest BCUT2D eigenvalue weighted by atomic mass is 10.2. The molecular weight excluding hydrogens is 273 g/mol. The van der Waals surface area contributed by atoms with Crippen LogP contribution in [0.15, 0.2) is 30.9 Å². The molecule has 0 atom stereocenters. The molecule has 0 aliphatic rings. The number of hydrogen-bond donors (Lipinski definition) is 1. The first kappa shape index (κ1) is 13.9. The number of hydrogen-bond acceptors (Lipinski definition) is 4. The number of pyridine rings is 1. The van der Waals surface area contributed by atoms with Gasteiger partial charge in [-0.2, -0.15) is 13.2 Å². The van der Waals surface area contributed by atoms with E-state index in [1.54, 1.807) is 6.92 Å². The number of alkyl halides is 3. The summed E-state index contributed by atoms with van der Waals surface area (Å²) in [6.07, 6.45) is -0.932. The molecule has 0 fully saturated rings. The van der Waals surface area contributed by atoms with Crippen LogP contribution in [0.2, 0.25) is 0 Å². The van der Waals surface area contributed by atoms with Crippen molar-refractivity contribution in [3.63, 3.8) is 0 Å². The molecule has 0 spiro atoms. The maximum absolute atomic E-state index is 12.3. The van der Waals surface area contributed by atoms with Gasteiger partial charge in [-0.15, -0.1) is 0 Å². The van der Waals surface area contributed by atoms with Gasteiger partial charge in [-0.05, 0) is 19.1 Å². The van der Waals surface area contributed by atoms with Gasteiger partial charge in [0.2, 0.25) is 0 Å². The Morgan fingerprint density at radius 1 is 1.20 bits per heavy atom. The van der Waals surface area contributed by atoms with Crippen molar-refractivity contribution in [2.75, 3.05) is 5.32 Å². The molecule has 1 amide bonds. The highest BCUT2D eigenvalue weighted by Crippen LogP contribution is 2.27. The number of aryl methyl sites for hydroxylation is 1. The second kappa shape index (κ2) is 5.24. The molecule has 2 rings (SSSR count). The highest BCUT2D eigenvalue weighted by atomic mass is 19.4. The molecule has 0 radical (unpaired) electrons. The maximum atomic E-state index is 12.3. The predicted octanol–water partition coefficient (Wildman–Crippen LogP) is 2.45. The number of anilines is 1. The van der Waals surface area contributed by atoms with Crippen LogP contribution < -0.4 is 5.32 Å². The first-order valence-electron chi connectivity index (χ1n) is 5.49. The van der Waals surface area contributed by atoms with E-state index in [9.17, 15) is 18.0 Å². The number of carbonyl (C=O) groups excluding carboxylic acids is 1. The van der Waals surface area contributed by atoms with Gasteiger partial charge in [-0.25, -0.2) is 9.97 Å². The average Bonchev–Trinajstić information content (AvgIpc) is 2.40. The quantitative estimate of drug-likeness (QED) is 0.918. The van der Waals surface area contributed by atoms with E-state index < -0.39 is 17.8 Å². The molecule has 0 bridgehead atoms. The van der Waals surface area contributed by atoms with Crippen LogP contribution >= 0.6 is 0 Å². The van der Waals surface area contributed by atoms with Crippen LogP contribution in [-0.4, -0.2) is 20.9 Å². The second-order valence-corrected chi connectivity index (χ2v) is 3.91. The molecule has 1 N–H and O–H groups in total. The van der Waals surface area contributed by atoms with Gasteiger partial charge in [0.15, 0.2) is 0 Å². The summed E-state index contributed by atoms with van der Waals surface area (Å²) in [5.41, 5.74) is -0.0971. The minimum absolute atomic E-state index is 0.0150. The molecule has 8 heteroatoms. The van der Waals surface area contributed by atoms with E-state index in [0.29, 0.717) is 11.4 Å². The fraction of sp³-hybridized carbons (Fsp3) is 0.167. The van der Waals surface area contributed by atoms with Crippen molar-refractivity contribution in [3.8, 4) is 0 Å². The van der Waals surface area contributed by atoms with Crippen molar-refractivity contribution in [3.05, 3.63) is 47.8 Å². The Hall–Kier alpha value is -2.51. The predicted molar refractivity (Wildman–Crippen MR) is 64.0 cm³/mol. The Morgan fingerprint density at radius 2 is 1.95 bits per heavy atom. The highest BCUT2D eigenvalue weighted by molar-refractivity contribution is 6.04. The molecule has 0 aliphatic heterocycles. The van der Waals surface area contributed by atoms with Crippen LogP contribution in [-0.2, 0) is 6.18 Å². The second-order valence-electron chi connectivity index (χ2n) is 3.91. The smallest absolute Gasteiger partial charge is 0.319 e. The Balaban J connectivity index is 2.16. The van der Waals surface area contributed by atoms with E-state index in [0.717, 1.165) is 18.3 Å². The van der Waals surface area contributed by atoms with Gasteiger partial charge >= 0.3 is 6.18 Å². The number of carbonyl (C=O) groups is 1. The van der Waals surface area contributed by atoms with E-state index in [1.165, 1.54) is 12.5 Å². The van der Waals surface area contributed by atoms with Crippen molar-refractivity contribution >= 4 is 11.6 Å². The summed E-state index contributed by atoms with van der Waals surface area (Å²) in [6.45, 7) is 1.67. The minimum Gasteiger partial charge on any atom is -0.319 e. The average molecular weight is 282 g/mol. The third-order valence-electron chi connectivity index (χ3n) is 2.48. The molecule has 2 aromatic rings. The van der Waals surface area contributed by atoms with Crippen molar-refractivity contribution in [1.29, 1.82) is 0 Å². The number of nitrogens with one attached hydrogen (secondary N) is 1. The largest absolute Gasteiger partial charge is 0.433 e. The van der Waals surface area contributed by atoms with Gasteiger partial charge in [-0.1, -0.05) is 0 Å². The maximum Gasteiger partial charge on any atom is 0.433 e. The Morgan fingerprint density at radius 3 is 2.50 bits per heavy atom. The van der Waals surface area contributed by atoms with E-state index >= 15 is 0 Å². The lowest BCUT2D eigenvalue weighted by molar-refractivity contribution is -0.141. The van der Waals surface area contributed by atoms with Crippen molar-refractivity contribution in [1.82, 2.24) is 15.0 Å². The lowest BCUT2D eigenvalue weighted by Crippen LogP contribution is -2.15. The monoisotopic (exact) mass is 282 g/mol. The summed E-state index contributed by atoms with van der Waals surface area (Å²) in [5, 5.41) is 2.50. The third kappa shape index (κ3) is 3.08. The zero-order chi connectivity index (χ0) is 14.8. The zero-order valence-electron chi connectivity index (χ0n) is 10.3. The normalized spacial score (nSPS) is 11.2. The summed E-state index contributed by atoms with van der Waals surface area (Å²) in [4.78, 5) is 22.7. The Kier molecular flexibility index (Phi) is 3.64. The summed E-state index contributed by atoms with van der Waals surface area (Å²) in [7, 11) is 0. The molecule has 0 aliphatic carbocycles. The molecule has 0 unspecified atom stereocenters. The van der Waals surface area contributed by atoms with Crippen LogP contribution in [0.25, 0.3) is 0 Å². The molecule has 5 nitrogen and oxygen atoms in total. The SMILES string of the molecule is Cc1ncncc1NC(=O)c1ccc(C(F)(F)F)nc1. The summed E-state index contributed by atoms with van der Waals surface area (Å²) >= 11 is 0. The topological polar surface area (TPSA) is 67.8 Å². The standard InChI is InChI=1S/C12H9F3N4O/c1-7-9(5-16-6-18-7)19-11(20)8-2-3-10(17-4-8)12(13,14)15/h2-6H,1H3,(H,19,20). The number of halogens is 3. The number of amides is 1. The van der Waals surface area contributed by atoms with E-state index in [4.69, 9.17) is 0 Å². The fourth-order valence-electron chi connectivity index (χ4n) is 1.40. The third-order valence-corrected chi connectivity index (χ3v) is 2.48. The van der Waals surface area contributed by atoms with Gasteiger partial charge in [0.25, 0.3) is 5.91 Å². The van der Waals surface area contributed by atoms with Gasteiger partial charge in [0, 0.05) is 6.20 Å². The molecule has 0 saturated heterocycles. The van der Waals surface area contributed by atoms with E-state index in [2.05, 4.69) is 20.3 Å². The highest BCUT2D eigenvalue weighted by Gasteiger charge is 2.32. The van der Waals surface area contributed by atoms with Crippen LogP contribution in [0.4, 0.5) is 18.9 Å². The van der Waals surface area contributed by atoms with Gasteiger partial charge in [0.05, 0.1) is 23.1 Å². The van der Waals surface area contributed by atoms with Crippen LogP contribution in [0.3, 0.4) is 0 Å². The molecule has 104 valence electrons. The summed E-state index contributed by atoms with van der Waals surface area (Å²) in [5.74, 6) is -0.580. The molecule has 2 aromatic heterocycles. The lowest BCUT2D eigenvalue weighted by Gasteiger charge is -2.08. The van der Waals surface area contributed by atoms with E-state index in [1.807, 2.05) is 0 Å². The minimum atomic E-state index is -4.53. The summed E-state index contributed by atoms with van der Waals surface area (Å²) in [6, 6.07) is 1.81. The molecular formula is C12H9F3N4O. The van der Waals surface area contributed by atoms with Crippen LogP contribution in [0.5, 0.6) is 0 Å². The summed E-state index contributed by atoms with van der Waals surface area (Å²) < 4.78 is 37.0. The van der Waals surface area contributed by atoms with Gasteiger partial charge in [-0.3, -0.25) is 9.78 Å². The Labute approximate surface area is 111 Å². The molecule has 0 saturated carbocycles. The number of nitrogens with zero attached hydrogens (tertiary/aromatic N) is 3. The van der Waals surface area contributed by atoms with Crippen molar-refractivity contribution < 1.29 is 18.0 Å². The fourth-order valence-corrected chi connectivity index (χ4v) is 1.40. The van der Waals surface area contributed by atoms with Gasteiger partial charge in [0.1, 0.15) is 12.0 Å². The molecule has 20 heavy (non-hydrogen) atoms. The van der Waals surface area contributed by atoms with Crippen molar-refractivity contribution in [2.24, 2.45) is 0 Å². The van der Waals surface area contributed by atoms with Gasteiger partial charge < -0.3 is 5.32 Å². The Bertz CT molecular complexity index is 625. The van der Waals surface area contributed by atoms with Crippen LogP contribution in [0.1, 0.15) is 21.7 Å². The van der Waals surface area contributed by atoms with Crippen molar-refractivity contribution in [2.45, 2.75) is 13.1 Å².